The molecule has 1 radical (unpaired) electrons. The maximum absolute atomic E-state index is 6.45. The first kappa shape index (κ1) is 53.6. The van der Waals surface area contributed by atoms with Crippen molar-refractivity contribution in [3.63, 3.8) is 0 Å². The number of hydrogen-bond acceptors (Lipinski definition) is 3. The first-order valence-electron chi connectivity index (χ1n) is 26.3. The van der Waals surface area contributed by atoms with E-state index in [-0.39, 0.29) is 0 Å². The average Bonchev–Trinajstić information content (AvgIpc) is 3.22. The smallest absolute Gasteiger partial charge is 0.203 e. The van der Waals surface area contributed by atoms with Gasteiger partial charge in [0.2, 0.25) is 5.75 Å². The Hall–Kier alpha value is -1.38. The normalized spacial score (nSPS) is 11.4. The van der Waals surface area contributed by atoms with E-state index in [4.69, 9.17) is 14.2 Å². The van der Waals surface area contributed by atoms with Gasteiger partial charge in [0.25, 0.3) is 0 Å². The lowest BCUT2D eigenvalue weighted by molar-refractivity contribution is 0.234. The Balaban J connectivity index is 2.32. The van der Waals surface area contributed by atoms with Crippen LogP contribution in [0.3, 0.4) is 0 Å². The summed E-state index contributed by atoms with van der Waals surface area (Å²) < 4.78 is 19.2. The lowest BCUT2D eigenvalue weighted by Crippen LogP contribution is -2.06. The molecule has 0 amide bonds. The summed E-state index contributed by atoms with van der Waals surface area (Å²) in [6, 6.07) is 7.22. The molecule has 0 saturated heterocycles. The molecule has 57 heavy (non-hydrogen) atoms. The van der Waals surface area contributed by atoms with Crippen LogP contribution in [0.4, 0.5) is 0 Å². The molecule has 0 N–H and O–H groups in total. The van der Waals surface area contributed by atoms with E-state index < -0.39 is 0 Å². The molecule has 335 valence electrons. The summed E-state index contributed by atoms with van der Waals surface area (Å²) in [5.41, 5.74) is 0. The zero-order chi connectivity index (χ0) is 40.8. The second-order valence-corrected chi connectivity index (χ2v) is 17.8. The van der Waals surface area contributed by atoms with Crippen LogP contribution in [-0.2, 0) is 0 Å². The van der Waals surface area contributed by atoms with Crippen LogP contribution in [-0.4, -0.2) is 19.8 Å². The molecule has 0 bridgehead atoms. The maximum atomic E-state index is 6.45. The maximum Gasteiger partial charge on any atom is 0.203 e. The molecule has 0 heterocycles. The number of rotatable bonds is 48. The molecular formula is C54H101O3. The monoisotopic (exact) mass is 798 g/mol. The van der Waals surface area contributed by atoms with Crippen LogP contribution in [0.1, 0.15) is 290 Å². The van der Waals surface area contributed by atoms with Crippen LogP contribution < -0.4 is 14.2 Å². The van der Waals surface area contributed by atoms with Crippen molar-refractivity contribution in [3.8, 4) is 17.2 Å². The second-order valence-electron chi connectivity index (χ2n) is 17.8. The lowest BCUT2D eigenvalue weighted by atomic mass is 10.0. The third-order valence-corrected chi connectivity index (χ3v) is 12.1. The fourth-order valence-corrected chi connectivity index (χ4v) is 8.23. The number of benzene rings is 1. The Morgan fingerprint density at radius 1 is 0.263 bits per heavy atom. The van der Waals surface area contributed by atoms with Gasteiger partial charge in [-0.15, -0.1) is 0 Å². The van der Waals surface area contributed by atoms with Crippen LogP contribution in [0.5, 0.6) is 17.2 Å². The van der Waals surface area contributed by atoms with Gasteiger partial charge in [0, 0.05) is 0 Å². The average molecular weight is 798 g/mol. The van der Waals surface area contributed by atoms with Crippen LogP contribution in [0.2, 0.25) is 0 Å². The van der Waals surface area contributed by atoms with E-state index in [0.717, 1.165) is 56.3 Å². The lowest BCUT2D eigenvalue weighted by Gasteiger charge is -2.17. The highest BCUT2D eigenvalue weighted by Crippen LogP contribution is 2.37. The van der Waals surface area contributed by atoms with E-state index in [1.54, 1.807) is 0 Å². The van der Waals surface area contributed by atoms with Crippen molar-refractivity contribution in [2.24, 2.45) is 0 Å². The molecule has 0 saturated carbocycles. The Bertz CT molecular complexity index is 847. The summed E-state index contributed by atoms with van der Waals surface area (Å²) in [6.45, 7) is 9.11. The zero-order valence-corrected chi connectivity index (χ0v) is 39.2. The van der Waals surface area contributed by atoms with Gasteiger partial charge in [-0.05, 0) is 37.5 Å². The van der Waals surface area contributed by atoms with E-state index in [0.29, 0.717) is 0 Å². The first-order valence-corrected chi connectivity index (χ1v) is 26.3. The first-order chi connectivity index (χ1) is 28.3. The van der Waals surface area contributed by atoms with Crippen LogP contribution in [0.15, 0.2) is 12.1 Å². The molecule has 3 heteroatoms. The Labute approximate surface area is 358 Å². The summed E-state index contributed by atoms with van der Waals surface area (Å²) in [5, 5.41) is 0. The molecule has 0 aliphatic rings. The molecule has 1 rings (SSSR count). The van der Waals surface area contributed by atoms with Gasteiger partial charge in [-0.1, -0.05) is 271 Å². The fourth-order valence-electron chi connectivity index (χ4n) is 8.23. The van der Waals surface area contributed by atoms with E-state index in [1.807, 2.05) is 12.1 Å². The molecule has 0 aliphatic heterocycles. The van der Waals surface area contributed by atoms with Crippen LogP contribution in [0, 0.1) is 6.07 Å². The summed E-state index contributed by atoms with van der Waals surface area (Å²) >= 11 is 0. The highest BCUT2D eigenvalue weighted by atomic mass is 16.5. The number of unbranched alkanes of at least 4 members (excludes halogenated alkanes) is 39. The van der Waals surface area contributed by atoms with E-state index >= 15 is 0 Å². The predicted molar refractivity (Wildman–Crippen MR) is 253 cm³/mol. The van der Waals surface area contributed by atoms with E-state index in [9.17, 15) is 0 Å². The van der Waals surface area contributed by atoms with Gasteiger partial charge < -0.3 is 14.2 Å². The summed E-state index contributed by atoms with van der Waals surface area (Å²) in [4.78, 5) is 0. The Kier molecular flexibility index (Phi) is 43.0. The van der Waals surface area contributed by atoms with E-state index in [2.05, 4.69) is 26.8 Å². The molecule has 0 spiro atoms. The van der Waals surface area contributed by atoms with Crippen molar-refractivity contribution in [3.05, 3.63) is 18.2 Å². The van der Waals surface area contributed by atoms with Crippen LogP contribution in [0.25, 0.3) is 0 Å². The van der Waals surface area contributed by atoms with Crippen molar-refractivity contribution in [1.82, 2.24) is 0 Å². The van der Waals surface area contributed by atoms with Gasteiger partial charge in [-0.25, -0.2) is 0 Å². The van der Waals surface area contributed by atoms with Gasteiger partial charge in [-0.2, -0.15) is 0 Å². The summed E-state index contributed by atoms with van der Waals surface area (Å²) in [7, 11) is 0. The standard InChI is InChI=1S/C54H101O3/c1-4-7-10-13-16-19-22-25-28-31-34-37-40-43-49-55-52-47-46-48-53(56-50-44-41-38-35-32-29-26-23-20-17-14-11-8-5-2)54(52)57-51-45-42-39-36-33-30-27-24-21-18-15-12-9-6-3/h47-48H,4-45,49-51H2,1-3H3. The number of ether oxygens (including phenoxy) is 3. The highest BCUT2D eigenvalue weighted by Gasteiger charge is 2.13. The van der Waals surface area contributed by atoms with Gasteiger partial charge in [0.15, 0.2) is 11.5 Å². The zero-order valence-electron chi connectivity index (χ0n) is 39.2. The minimum atomic E-state index is 0.729. The van der Waals surface area contributed by atoms with Crippen LogP contribution >= 0.6 is 0 Å². The van der Waals surface area contributed by atoms with Gasteiger partial charge >= 0.3 is 0 Å². The quantitative estimate of drug-likeness (QED) is 0.0615. The molecular weight excluding hydrogens is 697 g/mol. The molecule has 0 fully saturated rings. The van der Waals surface area contributed by atoms with Crippen molar-refractivity contribution in [1.29, 1.82) is 0 Å². The third-order valence-electron chi connectivity index (χ3n) is 12.1. The van der Waals surface area contributed by atoms with E-state index in [1.165, 1.54) is 250 Å². The van der Waals surface area contributed by atoms with Crippen molar-refractivity contribution in [2.45, 2.75) is 290 Å². The van der Waals surface area contributed by atoms with Crippen molar-refractivity contribution in [2.75, 3.05) is 19.8 Å². The SMILES string of the molecule is CCCCCCCCCCCCCCCCOc1c[c]cc(OCCCCCCCCCCCCCCCC)c1OCCCCCCCCCCCCCCCC. The molecule has 1 aromatic carbocycles. The molecule has 3 nitrogen and oxygen atoms in total. The van der Waals surface area contributed by atoms with Gasteiger partial charge in [0.05, 0.1) is 19.8 Å². The molecule has 0 atom stereocenters. The minimum absolute atomic E-state index is 0.729. The highest BCUT2D eigenvalue weighted by molar-refractivity contribution is 5.50. The van der Waals surface area contributed by atoms with Crippen molar-refractivity contribution >= 4 is 0 Å². The molecule has 1 aromatic rings. The third kappa shape index (κ3) is 37.4. The number of hydrogen-bond donors (Lipinski definition) is 0. The van der Waals surface area contributed by atoms with Crippen molar-refractivity contribution < 1.29 is 14.2 Å². The summed E-state index contributed by atoms with van der Waals surface area (Å²) in [5.74, 6) is 2.43. The molecule has 0 unspecified atom stereocenters. The molecule has 0 aliphatic carbocycles. The molecule has 0 aromatic heterocycles. The largest absolute Gasteiger partial charge is 0.490 e. The second kappa shape index (κ2) is 45.7. The van der Waals surface area contributed by atoms with Gasteiger partial charge in [0.1, 0.15) is 0 Å². The Morgan fingerprint density at radius 2 is 0.456 bits per heavy atom. The predicted octanol–water partition coefficient (Wildman–Crippen LogP) is 19.1. The Morgan fingerprint density at radius 3 is 0.684 bits per heavy atom. The fraction of sp³-hybridized carbons (Fsp3) is 0.889. The van der Waals surface area contributed by atoms with Gasteiger partial charge in [-0.3, -0.25) is 0 Å². The minimum Gasteiger partial charge on any atom is -0.490 e. The summed E-state index contributed by atoms with van der Waals surface area (Å²) in [6.07, 6.45) is 57.6. The topological polar surface area (TPSA) is 27.7 Å².